The van der Waals surface area contributed by atoms with Gasteiger partial charge in [0.25, 0.3) is 5.91 Å². The number of ether oxygens (including phenoxy) is 1. The number of rotatable bonds is 6. The molecule has 2 aromatic rings. The monoisotopic (exact) mass is 394 g/mol. The highest BCUT2D eigenvalue weighted by molar-refractivity contribution is 5.90. The number of aromatic nitrogens is 3. The molecule has 0 unspecified atom stereocenters. The highest BCUT2D eigenvalue weighted by Crippen LogP contribution is 2.21. The van der Waals surface area contributed by atoms with Gasteiger partial charge in [0.15, 0.2) is 17.3 Å². The summed E-state index contributed by atoms with van der Waals surface area (Å²) in [7, 11) is 0. The third-order valence-corrected chi connectivity index (χ3v) is 4.42. The molecule has 0 spiro atoms. The average molecular weight is 394 g/mol. The van der Waals surface area contributed by atoms with E-state index in [1.54, 1.807) is 9.58 Å². The Morgan fingerprint density at radius 1 is 1.29 bits per heavy atom. The highest BCUT2D eigenvalue weighted by atomic mass is 19.1. The first kappa shape index (κ1) is 19.5. The van der Waals surface area contributed by atoms with E-state index in [1.807, 2.05) is 0 Å². The summed E-state index contributed by atoms with van der Waals surface area (Å²) < 4.78 is 33.1. The molecule has 3 N–H and O–H groups in total. The van der Waals surface area contributed by atoms with Crippen LogP contribution in [-0.4, -0.2) is 58.1 Å². The third kappa shape index (κ3) is 4.72. The zero-order valence-corrected chi connectivity index (χ0v) is 15.0. The molecular weight excluding hydrogens is 374 g/mol. The molecule has 0 radical (unpaired) electrons. The van der Waals surface area contributed by atoms with E-state index >= 15 is 0 Å². The maximum absolute atomic E-state index is 13.5. The Labute approximate surface area is 159 Å². The molecule has 1 aromatic carbocycles. The number of amides is 3. The predicted molar refractivity (Wildman–Crippen MR) is 93.6 cm³/mol. The van der Waals surface area contributed by atoms with Crippen molar-refractivity contribution in [3.05, 3.63) is 41.7 Å². The van der Waals surface area contributed by atoms with Crippen molar-refractivity contribution in [2.75, 3.05) is 26.2 Å². The topological polar surface area (TPSA) is 115 Å². The van der Waals surface area contributed by atoms with Gasteiger partial charge in [-0.05, 0) is 25.0 Å². The minimum absolute atomic E-state index is 0.0365. The van der Waals surface area contributed by atoms with Gasteiger partial charge in [0, 0.05) is 19.2 Å². The molecular formula is C17H20F2N6O3. The number of halogens is 2. The first-order chi connectivity index (χ1) is 13.4. The Morgan fingerprint density at radius 3 is 2.68 bits per heavy atom. The van der Waals surface area contributed by atoms with Crippen LogP contribution >= 0.6 is 0 Å². The van der Waals surface area contributed by atoms with Gasteiger partial charge in [0.05, 0.1) is 18.8 Å². The fraction of sp³-hybridized carbons (Fsp3) is 0.412. The van der Waals surface area contributed by atoms with Gasteiger partial charge in [-0.1, -0.05) is 5.21 Å². The van der Waals surface area contributed by atoms with Crippen molar-refractivity contribution in [1.29, 1.82) is 0 Å². The van der Waals surface area contributed by atoms with Gasteiger partial charge in [-0.2, -0.15) is 0 Å². The number of piperidine rings is 1. The molecule has 0 bridgehead atoms. The van der Waals surface area contributed by atoms with Crippen LogP contribution in [-0.2, 0) is 0 Å². The van der Waals surface area contributed by atoms with Crippen molar-refractivity contribution >= 4 is 11.9 Å². The maximum atomic E-state index is 13.5. The summed E-state index contributed by atoms with van der Waals surface area (Å²) in [4.78, 5) is 24.9. The second-order valence-corrected chi connectivity index (χ2v) is 6.32. The Balaban J connectivity index is 1.39. The van der Waals surface area contributed by atoms with Crippen LogP contribution in [0.1, 0.15) is 29.4 Å². The zero-order chi connectivity index (χ0) is 20.1. The number of nitrogens with zero attached hydrogens (tertiary/aromatic N) is 4. The lowest BCUT2D eigenvalue weighted by molar-refractivity contribution is 0.0995. The summed E-state index contributed by atoms with van der Waals surface area (Å²) in [5, 5.41) is 10.3. The number of likely N-dealkylation sites (tertiary alicyclic amines) is 1. The molecule has 0 saturated carbocycles. The number of nitrogens with two attached hydrogens (primary N) is 1. The van der Waals surface area contributed by atoms with Crippen LogP contribution in [0.15, 0.2) is 24.4 Å². The van der Waals surface area contributed by atoms with E-state index in [-0.39, 0.29) is 36.7 Å². The smallest absolute Gasteiger partial charge is 0.317 e. The second kappa shape index (κ2) is 8.63. The maximum Gasteiger partial charge on any atom is 0.317 e. The molecule has 1 aromatic heterocycles. The molecule has 1 fully saturated rings. The van der Waals surface area contributed by atoms with E-state index < -0.39 is 17.5 Å². The van der Waals surface area contributed by atoms with E-state index in [0.717, 1.165) is 12.1 Å². The number of urea groups is 1. The molecule has 1 aliphatic heterocycles. The summed E-state index contributed by atoms with van der Waals surface area (Å²) >= 11 is 0. The van der Waals surface area contributed by atoms with Gasteiger partial charge >= 0.3 is 6.03 Å². The number of hydrogen-bond donors (Lipinski definition) is 2. The van der Waals surface area contributed by atoms with Gasteiger partial charge in [0.1, 0.15) is 12.4 Å². The minimum Gasteiger partial charge on any atom is -0.489 e. The van der Waals surface area contributed by atoms with Crippen molar-refractivity contribution in [2.24, 2.45) is 5.73 Å². The van der Waals surface area contributed by atoms with Crippen molar-refractivity contribution in [2.45, 2.75) is 18.9 Å². The number of hydrogen-bond acceptors (Lipinski definition) is 5. The van der Waals surface area contributed by atoms with Crippen LogP contribution in [0.4, 0.5) is 13.6 Å². The molecule has 1 saturated heterocycles. The molecule has 9 nitrogen and oxygen atoms in total. The van der Waals surface area contributed by atoms with Crippen LogP contribution in [0.5, 0.6) is 5.75 Å². The Bertz CT molecular complexity index is 851. The molecule has 3 amide bonds. The number of primary amides is 1. The highest BCUT2D eigenvalue weighted by Gasteiger charge is 2.25. The zero-order valence-electron chi connectivity index (χ0n) is 15.0. The Hall–Kier alpha value is -3.24. The summed E-state index contributed by atoms with van der Waals surface area (Å²) in [6, 6.07) is 2.82. The Morgan fingerprint density at radius 2 is 2.04 bits per heavy atom. The summed E-state index contributed by atoms with van der Waals surface area (Å²) in [5.74, 6) is -2.18. The average Bonchev–Trinajstić information content (AvgIpc) is 3.17. The Kier molecular flexibility index (Phi) is 6.02. The van der Waals surface area contributed by atoms with Crippen LogP contribution in [0.25, 0.3) is 0 Å². The van der Waals surface area contributed by atoms with E-state index in [0.29, 0.717) is 25.9 Å². The first-order valence-electron chi connectivity index (χ1n) is 8.76. The van der Waals surface area contributed by atoms with Gasteiger partial charge in [0.2, 0.25) is 0 Å². The molecule has 0 aliphatic carbocycles. The van der Waals surface area contributed by atoms with Gasteiger partial charge < -0.3 is 20.7 Å². The van der Waals surface area contributed by atoms with Gasteiger partial charge in [-0.15, -0.1) is 5.10 Å². The third-order valence-electron chi connectivity index (χ3n) is 4.42. The summed E-state index contributed by atoms with van der Waals surface area (Å²) in [5.41, 5.74) is 5.27. The fourth-order valence-corrected chi connectivity index (χ4v) is 2.92. The first-order valence-corrected chi connectivity index (χ1v) is 8.76. The predicted octanol–water partition coefficient (Wildman–Crippen LogP) is 1.08. The van der Waals surface area contributed by atoms with Gasteiger partial charge in [-0.25, -0.2) is 18.3 Å². The lowest BCUT2D eigenvalue weighted by Gasteiger charge is -2.31. The van der Waals surface area contributed by atoms with Crippen molar-refractivity contribution in [3.8, 4) is 5.75 Å². The van der Waals surface area contributed by atoms with Crippen molar-refractivity contribution in [3.63, 3.8) is 0 Å². The number of carbonyl (C=O) groups is 2. The van der Waals surface area contributed by atoms with E-state index in [2.05, 4.69) is 15.6 Å². The largest absolute Gasteiger partial charge is 0.489 e. The quantitative estimate of drug-likeness (QED) is 0.712. The number of benzene rings is 1. The van der Waals surface area contributed by atoms with Crippen LogP contribution in [0.2, 0.25) is 0 Å². The van der Waals surface area contributed by atoms with E-state index in [1.165, 1.54) is 12.3 Å². The van der Waals surface area contributed by atoms with Crippen molar-refractivity contribution < 1.29 is 23.1 Å². The fourth-order valence-electron chi connectivity index (χ4n) is 2.92. The second-order valence-electron chi connectivity index (χ2n) is 6.32. The lowest BCUT2D eigenvalue weighted by Crippen LogP contribution is -2.45. The molecule has 28 heavy (non-hydrogen) atoms. The van der Waals surface area contributed by atoms with E-state index in [4.69, 9.17) is 10.5 Å². The molecule has 1 aliphatic rings. The summed E-state index contributed by atoms with van der Waals surface area (Å²) in [6.45, 7) is 1.26. The lowest BCUT2D eigenvalue weighted by atomic mass is 10.1. The molecule has 0 atom stereocenters. The standard InChI is InChI=1S/C17H20F2N6O3/c18-11-1-2-15(13(19)9-11)28-8-5-21-17(27)24-6-3-12(4-7-24)25-10-14(16(20)26)22-23-25/h1-2,9-10,12H,3-8H2,(H2,20,26)(H,21,27). The van der Waals surface area contributed by atoms with Crippen LogP contribution < -0.4 is 15.8 Å². The molecule has 2 heterocycles. The summed E-state index contributed by atoms with van der Waals surface area (Å²) in [6.07, 6.45) is 2.83. The van der Waals surface area contributed by atoms with Crippen LogP contribution in [0.3, 0.4) is 0 Å². The molecule has 150 valence electrons. The number of nitrogens with one attached hydrogen (secondary N) is 1. The number of carbonyl (C=O) groups excluding carboxylic acids is 2. The van der Waals surface area contributed by atoms with Crippen LogP contribution in [0, 0.1) is 11.6 Å². The SMILES string of the molecule is NC(=O)c1cn(C2CCN(C(=O)NCCOc3ccc(F)cc3F)CC2)nn1. The molecule has 11 heteroatoms. The molecule has 3 rings (SSSR count). The van der Waals surface area contributed by atoms with Crippen molar-refractivity contribution in [1.82, 2.24) is 25.2 Å². The minimum atomic E-state index is -0.791. The normalized spacial score (nSPS) is 14.7. The van der Waals surface area contributed by atoms with Gasteiger partial charge in [-0.3, -0.25) is 4.79 Å². The van der Waals surface area contributed by atoms with E-state index in [9.17, 15) is 18.4 Å².